The molecular weight excluding hydrogens is 369 g/mol. The summed E-state index contributed by atoms with van der Waals surface area (Å²) in [5, 5.41) is 16.2. The molecule has 0 spiro atoms. The fourth-order valence-electron chi connectivity index (χ4n) is 4.66. The van der Waals surface area contributed by atoms with Crippen molar-refractivity contribution in [3.05, 3.63) is 53.3 Å². The number of rotatable bonds is 3. The lowest BCUT2D eigenvalue weighted by molar-refractivity contribution is -0.138. The smallest absolute Gasteiger partial charge is 0.416 e. The van der Waals surface area contributed by atoms with E-state index in [0.29, 0.717) is 24.2 Å². The zero-order valence-electron chi connectivity index (χ0n) is 15.7. The van der Waals surface area contributed by atoms with Gasteiger partial charge >= 0.3 is 6.18 Å². The summed E-state index contributed by atoms with van der Waals surface area (Å²) in [4.78, 5) is 0. The lowest BCUT2D eigenvalue weighted by Gasteiger charge is -2.47. The molecule has 3 N–H and O–H groups in total. The molecule has 3 aliphatic rings. The predicted molar refractivity (Wildman–Crippen MR) is 101 cm³/mol. The number of hydrogen-bond acceptors (Lipinski definition) is 4. The van der Waals surface area contributed by atoms with Gasteiger partial charge < -0.3 is 20.5 Å². The average Bonchev–Trinajstić information content (AvgIpc) is 2.67. The van der Waals surface area contributed by atoms with Gasteiger partial charge in [-0.3, -0.25) is 0 Å². The number of ether oxygens (including phenoxy) is 1. The third-order valence-electron chi connectivity index (χ3n) is 6.03. The maximum absolute atomic E-state index is 13.3. The van der Waals surface area contributed by atoms with Gasteiger partial charge in [-0.05, 0) is 56.7 Å². The Morgan fingerprint density at radius 3 is 2.79 bits per heavy atom. The highest BCUT2D eigenvalue weighted by Crippen LogP contribution is 2.49. The van der Waals surface area contributed by atoms with Crippen LogP contribution < -0.4 is 10.6 Å². The van der Waals surface area contributed by atoms with E-state index in [1.807, 2.05) is 13.1 Å². The number of fused-ring (bicyclic) bond motifs is 3. The number of aliphatic hydroxyl groups excluding tert-OH is 1. The maximum atomic E-state index is 13.3. The monoisotopic (exact) mass is 394 g/mol. The van der Waals surface area contributed by atoms with Crippen LogP contribution in [-0.2, 0) is 10.9 Å². The first-order chi connectivity index (χ1) is 13.4. The Balaban J connectivity index is 1.69. The van der Waals surface area contributed by atoms with Gasteiger partial charge in [0, 0.05) is 35.7 Å². The van der Waals surface area contributed by atoms with Gasteiger partial charge in [0.15, 0.2) is 0 Å². The van der Waals surface area contributed by atoms with Crippen LogP contribution in [0.25, 0.3) is 0 Å². The molecule has 1 aliphatic carbocycles. The Hall–Kier alpha value is -1.99. The van der Waals surface area contributed by atoms with Crippen LogP contribution in [0.2, 0.25) is 0 Å². The van der Waals surface area contributed by atoms with Crippen molar-refractivity contribution in [1.29, 1.82) is 0 Å². The minimum atomic E-state index is -4.38. The molecule has 1 unspecified atom stereocenters. The molecule has 0 amide bonds. The van der Waals surface area contributed by atoms with E-state index in [1.54, 1.807) is 12.2 Å². The molecule has 2 aliphatic heterocycles. The number of aliphatic hydroxyl groups is 1. The highest BCUT2D eigenvalue weighted by molar-refractivity contribution is 5.58. The normalized spacial score (nSPS) is 32.1. The molecule has 5 atom stereocenters. The number of benzene rings is 1. The van der Waals surface area contributed by atoms with Crippen molar-refractivity contribution in [2.75, 3.05) is 18.9 Å². The van der Waals surface area contributed by atoms with E-state index < -0.39 is 11.7 Å². The quantitative estimate of drug-likeness (QED) is 0.703. The number of hydrogen-bond donors (Lipinski definition) is 3. The van der Waals surface area contributed by atoms with E-state index in [2.05, 4.69) is 10.6 Å². The average molecular weight is 394 g/mol. The molecule has 0 bridgehead atoms. The van der Waals surface area contributed by atoms with Gasteiger partial charge in [0.05, 0.1) is 17.8 Å². The summed E-state index contributed by atoms with van der Waals surface area (Å²) in [6.07, 6.45) is 3.14. The first kappa shape index (κ1) is 19.3. The zero-order chi connectivity index (χ0) is 19.9. The molecule has 1 saturated heterocycles. The van der Waals surface area contributed by atoms with Crippen LogP contribution in [-0.4, -0.2) is 30.8 Å². The Labute approximate surface area is 162 Å². The van der Waals surface area contributed by atoms with Crippen LogP contribution in [0, 0.1) is 11.8 Å². The Morgan fingerprint density at radius 2 is 2.11 bits per heavy atom. The minimum Gasteiger partial charge on any atom is -0.508 e. The highest BCUT2D eigenvalue weighted by atomic mass is 19.4. The second-order valence-electron chi connectivity index (χ2n) is 7.84. The topological polar surface area (TPSA) is 53.5 Å². The van der Waals surface area contributed by atoms with Gasteiger partial charge in [0.25, 0.3) is 0 Å². The predicted octanol–water partition coefficient (Wildman–Crippen LogP) is 4.57. The van der Waals surface area contributed by atoms with E-state index in [1.165, 1.54) is 12.1 Å². The third-order valence-corrected chi connectivity index (χ3v) is 6.03. The summed E-state index contributed by atoms with van der Waals surface area (Å²) in [5.41, 5.74) is 0.654. The molecule has 152 valence electrons. The van der Waals surface area contributed by atoms with Crippen LogP contribution in [0.15, 0.2) is 42.2 Å². The number of allylic oxidation sites excluding steroid dienone is 2. The highest BCUT2D eigenvalue weighted by Gasteiger charge is 2.45. The number of anilines is 1. The van der Waals surface area contributed by atoms with Crippen LogP contribution in [0.3, 0.4) is 0 Å². The molecule has 0 radical (unpaired) electrons. The van der Waals surface area contributed by atoms with Crippen molar-refractivity contribution in [2.24, 2.45) is 11.8 Å². The van der Waals surface area contributed by atoms with E-state index in [9.17, 15) is 18.3 Å². The number of alkyl halides is 3. The van der Waals surface area contributed by atoms with Gasteiger partial charge in [-0.25, -0.2) is 0 Å². The van der Waals surface area contributed by atoms with Gasteiger partial charge in [-0.2, -0.15) is 13.2 Å². The third kappa shape index (κ3) is 3.65. The fraction of sp³-hybridized carbons (Fsp3) is 0.524. The molecule has 0 saturated carbocycles. The van der Waals surface area contributed by atoms with Crippen molar-refractivity contribution in [2.45, 2.75) is 43.7 Å². The van der Waals surface area contributed by atoms with Crippen LogP contribution in [0.5, 0.6) is 0 Å². The van der Waals surface area contributed by atoms with Gasteiger partial charge in [0.2, 0.25) is 0 Å². The largest absolute Gasteiger partial charge is 0.508 e. The second-order valence-corrected chi connectivity index (χ2v) is 7.84. The van der Waals surface area contributed by atoms with Crippen molar-refractivity contribution >= 4 is 5.69 Å². The summed E-state index contributed by atoms with van der Waals surface area (Å²) >= 11 is 0. The molecule has 1 aromatic carbocycles. The van der Waals surface area contributed by atoms with E-state index in [4.69, 9.17) is 4.74 Å². The van der Waals surface area contributed by atoms with E-state index in [0.717, 1.165) is 18.9 Å². The fourth-order valence-corrected chi connectivity index (χ4v) is 4.66. The lowest BCUT2D eigenvalue weighted by Crippen LogP contribution is -2.48. The first-order valence-corrected chi connectivity index (χ1v) is 9.72. The molecule has 28 heavy (non-hydrogen) atoms. The number of likely N-dealkylation sites (N-methyl/N-ethyl adjacent to an activating group) is 1. The number of nitrogens with one attached hydrogen (secondary N) is 2. The minimum absolute atomic E-state index is 0.0155. The summed E-state index contributed by atoms with van der Waals surface area (Å²) in [6.45, 7) is 0.676. The Kier molecular flexibility index (Phi) is 5.14. The van der Waals surface area contributed by atoms with Crippen molar-refractivity contribution in [3.8, 4) is 0 Å². The van der Waals surface area contributed by atoms with Gasteiger partial charge in [-0.15, -0.1) is 0 Å². The zero-order valence-corrected chi connectivity index (χ0v) is 15.7. The molecule has 4 nitrogen and oxygen atoms in total. The van der Waals surface area contributed by atoms with Crippen LogP contribution >= 0.6 is 0 Å². The molecule has 0 aromatic heterocycles. The maximum Gasteiger partial charge on any atom is 0.416 e. The summed E-state index contributed by atoms with van der Waals surface area (Å²) in [6, 6.07) is 3.93. The Bertz CT molecular complexity index is 790. The van der Waals surface area contributed by atoms with E-state index in [-0.39, 0.29) is 35.8 Å². The molecular formula is C21H25F3N2O2. The SMILES string of the molecule is CNC[C@H]1CC[C@@H]2[C@H](O1)c1cc(C(F)(F)F)ccc1N[C@H]2C1C=CC(O)=CC1. The molecule has 1 aromatic rings. The second kappa shape index (κ2) is 7.44. The lowest BCUT2D eigenvalue weighted by atomic mass is 9.72. The van der Waals surface area contributed by atoms with Crippen LogP contribution in [0.4, 0.5) is 18.9 Å². The summed E-state index contributed by atoms with van der Waals surface area (Å²) in [5.74, 6) is 0.489. The molecule has 1 fully saturated rings. The van der Waals surface area contributed by atoms with E-state index >= 15 is 0 Å². The van der Waals surface area contributed by atoms with Crippen molar-refractivity contribution in [1.82, 2.24) is 5.32 Å². The van der Waals surface area contributed by atoms with Crippen LogP contribution in [0.1, 0.15) is 36.5 Å². The standard InChI is InChI=1S/C21H25F3N2O2/c1-25-11-15-7-8-16-19(12-2-5-14(27)6-3-12)26-18-9-4-13(21(22,23)24)10-17(18)20(16)28-15/h2,4-6,9-10,12,15-16,19-20,25-27H,3,7-8,11H2,1H3/t12?,15-,16+,19+,20+/m1/s1. The summed E-state index contributed by atoms with van der Waals surface area (Å²) in [7, 11) is 1.85. The first-order valence-electron chi connectivity index (χ1n) is 9.72. The van der Waals surface area contributed by atoms with Crippen molar-refractivity contribution < 1.29 is 23.0 Å². The molecule has 7 heteroatoms. The summed E-state index contributed by atoms with van der Waals surface area (Å²) < 4.78 is 46.1. The van der Waals surface area contributed by atoms with Gasteiger partial charge in [0.1, 0.15) is 5.76 Å². The Morgan fingerprint density at radius 1 is 1.29 bits per heavy atom. The van der Waals surface area contributed by atoms with Crippen molar-refractivity contribution in [3.63, 3.8) is 0 Å². The molecule has 4 rings (SSSR count). The number of halogens is 3. The van der Waals surface area contributed by atoms with Gasteiger partial charge in [-0.1, -0.05) is 6.08 Å². The molecule has 2 heterocycles.